The van der Waals surface area contributed by atoms with Crippen molar-refractivity contribution in [2.24, 2.45) is 4.99 Å². The molecule has 0 bridgehead atoms. The Kier molecular flexibility index (Phi) is 6.36. The average molecular weight is 476 g/mol. The zero-order chi connectivity index (χ0) is 17.9. The van der Waals surface area contributed by atoms with Crippen molar-refractivity contribution in [3.05, 3.63) is 65.2 Å². The highest BCUT2D eigenvalue weighted by molar-refractivity contribution is 14.0. The topological polar surface area (TPSA) is 56.7 Å². The SMILES string of the molecule is CN=C(NCc1cccc(C(=O)NC2CC2)c1)N1CCc2ccccc21.I. The summed E-state index contributed by atoms with van der Waals surface area (Å²) in [6.07, 6.45) is 3.23. The third-order valence-corrected chi connectivity index (χ3v) is 4.91. The number of amides is 1. The van der Waals surface area contributed by atoms with Crippen LogP contribution in [0.5, 0.6) is 0 Å². The molecule has 0 atom stereocenters. The number of guanidine groups is 1. The molecule has 2 aromatic carbocycles. The summed E-state index contributed by atoms with van der Waals surface area (Å²) >= 11 is 0. The van der Waals surface area contributed by atoms with Crippen LogP contribution in [-0.2, 0) is 13.0 Å². The zero-order valence-corrected chi connectivity index (χ0v) is 17.8. The maximum atomic E-state index is 12.2. The Bertz CT molecular complexity index is 848. The molecule has 0 unspecified atom stereocenters. The summed E-state index contributed by atoms with van der Waals surface area (Å²) in [5.41, 5.74) is 4.37. The fourth-order valence-corrected chi connectivity index (χ4v) is 3.35. The number of hydrogen-bond donors (Lipinski definition) is 2. The van der Waals surface area contributed by atoms with Crippen LogP contribution in [0.4, 0.5) is 5.69 Å². The molecular formula is C21H25IN4O. The minimum absolute atomic E-state index is 0. The van der Waals surface area contributed by atoms with Gasteiger partial charge >= 0.3 is 0 Å². The van der Waals surface area contributed by atoms with Crippen LogP contribution in [0.15, 0.2) is 53.5 Å². The lowest BCUT2D eigenvalue weighted by atomic mass is 10.1. The number of fused-ring (bicyclic) bond motifs is 1. The summed E-state index contributed by atoms with van der Waals surface area (Å²) in [7, 11) is 1.81. The lowest BCUT2D eigenvalue weighted by molar-refractivity contribution is 0.0951. The van der Waals surface area contributed by atoms with Crippen molar-refractivity contribution in [3.8, 4) is 0 Å². The fraction of sp³-hybridized carbons (Fsp3) is 0.333. The predicted molar refractivity (Wildman–Crippen MR) is 120 cm³/mol. The number of halogens is 1. The maximum absolute atomic E-state index is 12.2. The standard InChI is InChI=1S/C21H24N4O.HI/c1-22-21(25-12-11-16-6-2-3-8-19(16)25)23-14-15-5-4-7-17(13-15)20(26)24-18-9-10-18;/h2-8,13,18H,9-12,14H2,1H3,(H,22,23)(H,24,26);1H. The molecular weight excluding hydrogens is 451 g/mol. The van der Waals surface area contributed by atoms with E-state index in [9.17, 15) is 4.79 Å². The van der Waals surface area contributed by atoms with Gasteiger partial charge in [0.2, 0.25) is 0 Å². The first kappa shape index (κ1) is 19.7. The van der Waals surface area contributed by atoms with E-state index in [1.54, 1.807) is 0 Å². The van der Waals surface area contributed by atoms with Crippen molar-refractivity contribution in [2.45, 2.75) is 31.8 Å². The Morgan fingerprint density at radius 2 is 2.00 bits per heavy atom. The second kappa shape index (κ2) is 8.73. The Labute approximate surface area is 177 Å². The first-order valence-electron chi connectivity index (χ1n) is 9.20. The minimum Gasteiger partial charge on any atom is -0.352 e. The molecule has 5 nitrogen and oxygen atoms in total. The molecule has 4 rings (SSSR count). The van der Waals surface area contributed by atoms with E-state index in [1.165, 1.54) is 11.3 Å². The monoisotopic (exact) mass is 476 g/mol. The third kappa shape index (κ3) is 4.61. The van der Waals surface area contributed by atoms with Gasteiger partial charge in [0.25, 0.3) is 5.91 Å². The van der Waals surface area contributed by atoms with Gasteiger partial charge in [-0.25, -0.2) is 0 Å². The Hall–Kier alpha value is -2.09. The first-order chi connectivity index (χ1) is 12.7. The number of rotatable bonds is 4. The lowest BCUT2D eigenvalue weighted by Gasteiger charge is -2.22. The van der Waals surface area contributed by atoms with Crippen LogP contribution < -0.4 is 15.5 Å². The molecule has 1 fully saturated rings. The average Bonchev–Trinajstić information content (AvgIpc) is 3.39. The van der Waals surface area contributed by atoms with Crippen molar-refractivity contribution in [1.82, 2.24) is 10.6 Å². The number of carbonyl (C=O) groups is 1. The van der Waals surface area contributed by atoms with Crippen molar-refractivity contribution >= 4 is 41.5 Å². The molecule has 0 saturated heterocycles. The smallest absolute Gasteiger partial charge is 0.251 e. The van der Waals surface area contributed by atoms with Crippen LogP contribution >= 0.6 is 24.0 Å². The van der Waals surface area contributed by atoms with Crippen molar-refractivity contribution in [2.75, 3.05) is 18.5 Å². The highest BCUT2D eigenvalue weighted by Crippen LogP contribution is 2.27. The molecule has 0 aromatic heterocycles. The van der Waals surface area contributed by atoms with Gasteiger partial charge < -0.3 is 15.5 Å². The summed E-state index contributed by atoms with van der Waals surface area (Å²) in [5.74, 6) is 0.884. The summed E-state index contributed by atoms with van der Waals surface area (Å²) in [5, 5.41) is 6.47. The van der Waals surface area contributed by atoms with Gasteiger partial charge in [-0.3, -0.25) is 9.79 Å². The number of nitrogens with zero attached hydrogens (tertiary/aromatic N) is 2. The van der Waals surface area contributed by atoms with Gasteiger partial charge in [-0.2, -0.15) is 0 Å². The van der Waals surface area contributed by atoms with Gasteiger partial charge in [-0.05, 0) is 48.6 Å². The second-order valence-electron chi connectivity index (χ2n) is 6.88. The number of carbonyl (C=O) groups excluding carboxylic acids is 1. The molecule has 2 aromatic rings. The summed E-state index contributed by atoms with van der Waals surface area (Å²) in [6.45, 7) is 1.57. The number of aliphatic imine (C=N–C) groups is 1. The molecule has 142 valence electrons. The number of nitrogens with one attached hydrogen (secondary N) is 2. The molecule has 1 aliphatic carbocycles. The molecule has 1 amide bonds. The lowest BCUT2D eigenvalue weighted by Crippen LogP contribution is -2.40. The van der Waals surface area contributed by atoms with Gasteiger partial charge in [0.1, 0.15) is 0 Å². The van der Waals surface area contributed by atoms with Crippen LogP contribution in [0, 0.1) is 0 Å². The largest absolute Gasteiger partial charge is 0.352 e. The van der Waals surface area contributed by atoms with E-state index in [-0.39, 0.29) is 29.9 Å². The molecule has 27 heavy (non-hydrogen) atoms. The number of hydrogen-bond acceptors (Lipinski definition) is 2. The van der Waals surface area contributed by atoms with E-state index in [2.05, 4.69) is 44.8 Å². The van der Waals surface area contributed by atoms with Crippen LogP contribution in [0.25, 0.3) is 0 Å². The summed E-state index contributed by atoms with van der Waals surface area (Å²) in [4.78, 5) is 18.9. The summed E-state index contributed by atoms with van der Waals surface area (Å²) in [6, 6.07) is 16.6. The van der Waals surface area contributed by atoms with Gasteiger partial charge in [-0.1, -0.05) is 30.3 Å². The molecule has 0 radical (unpaired) electrons. The van der Waals surface area contributed by atoms with E-state index in [1.807, 2.05) is 31.3 Å². The Morgan fingerprint density at radius 1 is 1.19 bits per heavy atom. The van der Waals surface area contributed by atoms with Crippen molar-refractivity contribution in [3.63, 3.8) is 0 Å². The molecule has 6 heteroatoms. The summed E-state index contributed by atoms with van der Waals surface area (Å²) < 4.78 is 0. The van der Waals surface area contributed by atoms with E-state index in [4.69, 9.17) is 0 Å². The van der Waals surface area contributed by atoms with E-state index >= 15 is 0 Å². The molecule has 1 aliphatic heterocycles. The van der Waals surface area contributed by atoms with Crippen molar-refractivity contribution in [1.29, 1.82) is 0 Å². The van der Waals surface area contributed by atoms with Crippen LogP contribution in [-0.4, -0.2) is 31.5 Å². The zero-order valence-electron chi connectivity index (χ0n) is 15.4. The van der Waals surface area contributed by atoms with Crippen molar-refractivity contribution < 1.29 is 4.79 Å². The number of anilines is 1. The Morgan fingerprint density at radius 3 is 2.78 bits per heavy atom. The minimum atomic E-state index is 0. The van der Waals surface area contributed by atoms with Gasteiger partial charge in [0, 0.05) is 37.4 Å². The molecule has 0 spiro atoms. The normalized spacial score (nSPS) is 15.7. The maximum Gasteiger partial charge on any atom is 0.251 e. The number of para-hydroxylation sites is 1. The Balaban J connectivity index is 0.00000210. The van der Waals surface area contributed by atoms with E-state index in [0.717, 1.165) is 42.9 Å². The van der Waals surface area contributed by atoms with Gasteiger partial charge in [-0.15, -0.1) is 24.0 Å². The molecule has 2 N–H and O–H groups in total. The van der Waals surface area contributed by atoms with Gasteiger partial charge in [0.05, 0.1) is 0 Å². The molecule has 2 aliphatic rings. The highest BCUT2D eigenvalue weighted by atomic mass is 127. The van der Waals surface area contributed by atoms with E-state index < -0.39 is 0 Å². The third-order valence-electron chi connectivity index (χ3n) is 4.91. The fourth-order valence-electron chi connectivity index (χ4n) is 3.35. The second-order valence-corrected chi connectivity index (χ2v) is 6.88. The molecule has 1 heterocycles. The quantitative estimate of drug-likeness (QED) is 0.405. The van der Waals surface area contributed by atoms with Crippen LogP contribution in [0.1, 0.15) is 34.3 Å². The predicted octanol–water partition coefficient (Wildman–Crippen LogP) is 3.33. The highest BCUT2D eigenvalue weighted by Gasteiger charge is 2.24. The van der Waals surface area contributed by atoms with Crippen LogP contribution in [0.3, 0.4) is 0 Å². The van der Waals surface area contributed by atoms with E-state index in [0.29, 0.717) is 12.6 Å². The van der Waals surface area contributed by atoms with Crippen LogP contribution in [0.2, 0.25) is 0 Å². The molecule has 1 saturated carbocycles. The van der Waals surface area contributed by atoms with Gasteiger partial charge in [0.15, 0.2) is 5.96 Å². The number of benzene rings is 2. The first-order valence-corrected chi connectivity index (χ1v) is 9.20.